The molecule has 0 aliphatic heterocycles. The van der Waals surface area contributed by atoms with Gasteiger partial charge in [0.15, 0.2) is 5.65 Å². The first-order chi connectivity index (χ1) is 17.0. The molecule has 1 amide bonds. The average Bonchev–Trinajstić information content (AvgIpc) is 3.20. The van der Waals surface area contributed by atoms with Crippen LogP contribution in [-0.2, 0) is 0 Å². The summed E-state index contributed by atoms with van der Waals surface area (Å²) in [7, 11) is 0. The molecule has 0 bridgehead atoms. The first kappa shape index (κ1) is 22.2. The highest BCUT2D eigenvalue weighted by Crippen LogP contribution is 2.22. The molecule has 8 heteroatoms. The smallest absolute Gasteiger partial charge is 0.266 e. The third kappa shape index (κ3) is 3.89. The molecule has 5 rings (SSSR count). The van der Waals surface area contributed by atoms with E-state index >= 15 is 0 Å². The largest absolute Gasteiger partial charge is 0.342 e. The topological polar surface area (TPSA) is 94.2 Å². The Kier molecular flexibility index (Phi) is 5.70. The van der Waals surface area contributed by atoms with Crippen LogP contribution in [0.5, 0.6) is 0 Å². The quantitative estimate of drug-likeness (QED) is 0.419. The lowest BCUT2D eigenvalue weighted by atomic mass is 10.1. The minimum atomic E-state index is -0.580. The highest BCUT2D eigenvalue weighted by molar-refractivity contribution is 6.01. The predicted molar refractivity (Wildman–Crippen MR) is 136 cm³/mol. The summed E-state index contributed by atoms with van der Waals surface area (Å²) in [6.45, 7) is 5.49. The molecule has 0 spiro atoms. The van der Waals surface area contributed by atoms with Crippen LogP contribution in [0.4, 0.5) is 0 Å². The molecule has 2 aromatic carbocycles. The Hall–Kier alpha value is -4.59. The number of allylic oxidation sites excluding steroid dienone is 1. The molecule has 0 unspecified atom stereocenters. The minimum Gasteiger partial charge on any atom is -0.342 e. The molecule has 174 valence electrons. The molecule has 5 aromatic rings. The molecule has 0 aliphatic carbocycles. The fraction of sp³-hybridized carbons (Fsp3) is 0.148. The van der Waals surface area contributed by atoms with Gasteiger partial charge < -0.3 is 5.32 Å². The van der Waals surface area contributed by atoms with Crippen LogP contribution in [0, 0.1) is 6.92 Å². The third-order valence-corrected chi connectivity index (χ3v) is 5.85. The molecule has 0 aliphatic rings. The molecule has 0 saturated heterocycles. The second kappa shape index (κ2) is 8.98. The predicted octanol–water partition coefficient (Wildman–Crippen LogP) is 4.26. The molecule has 35 heavy (non-hydrogen) atoms. The Labute approximate surface area is 201 Å². The maximum absolute atomic E-state index is 13.8. The summed E-state index contributed by atoms with van der Waals surface area (Å²) in [4.78, 5) is 36.3. The van der Waals surface area contributed by atoms with Gasteiger partial charge in [-0.2, -0.15) is 5.10 Å². The van der Waals surface area contributed by atoms with E-state index in [9.17, 15) is 9.59 Å². The van der Waals surface area contributed by atoms with E-state index in [1.807, 2.05) is 74.5 Å². The number of amides is 1. The average molecular weight is 465 g/mol. The zero-order valence-corrected chi connectivity index (χ0v) is 19.6. The Morgan fingerprint density at radius 2 is 1.89 bits per heavy atom. The summed E-state index contributed by atoms with van der Waals surface area (Å²) in [6, 6.07) is 16.1. The van der Waals surface area contributed by atoms with Crippen LogP contribution in [0.3, 0.4) is 0 Å². The van der Waals surface area contributed by atoms with Gasteiger partial charge in [0.05, 0.1) is 28.3 Å². The zero-order chi connectivity index (χ0) is 24.5. The standard InChI is InChI=1S/C27H24N6O2/c1-4-10-19-11-8-14-21-23(19)27(35)33(20-12-6-5-7-13-20)24(30-21)18(3)29-26(34)22-17(2)31-32-16-9-15-28-25(22)32/h4-16,18H,1-3H3,(H,29,34)/b10-4+/t18-/m1/s1. The summed E-state index contributed by atoms with van der Waals surface area (Å²) in [5.74, 6) is 0.0992. The van der Waals surface area contributed by atoms with E-state index in [0.29, 0.717) is 39.3 Å². The van der Waals surface area contributed by atoms with E-state index in [1.165, 1.54) is 0 Å². The number of benzene rings is 2. The van der Waals surface area contributed by atoms with Gasteiger partial charge >= 0.3 is 0 Å². The van der Waals surface area contributed by atoms with Crippen LogP contribution < -0.4 is 10.9 Å². The molecule has 0 fully saturated rings. The first-order valence-corrected chi connectivity index (χ1v) is 11.3. The van der Waals surface area contributed by atoms with Gasteiger partial charge in [-0.05, 0) is 50.6 Å². The lowest BCUT2D eigenvalue weighted by Gasteiger charge is -2.20. The van der Waals surface area contributed by atoms with Crippen molar-refractivity contribution in [2.75, 3.05) is 0 Å². The molecule has 0 radical (unpaired) electrons. The zero-order valence-electron chi connectivity index (χ0n) is 19.6. The van der Waals surface area contributed by atoms with Gasteiger partial charge in [0, 0.05) is 12.4 Å². The molecular weight excluding hydrogens is 440 g/mol. The lowest BCUT2D eigenvalue weighted by molar-refractivity contribution is 0.0938. The summed E-state index contributed by atoms with van der Waals surface area (Å²) in [6.07, 6.45) is 7.16. The van der Waals surface area contributed by atoms with Gasteiger partial charge in [-0.1, -0.05) is 42.5 Å². The highest BCUT2D eigenvalue weighted by atomic mass is 16.2. The number of nitrogens with one attached hydrogen (secondary N) is 1. The second-order valence-electron chi connectivity index (χ2n) is 8.23. The maximum atomic E-state index is 13.8. The lowest BCUT2D eigenvalue weighted by Crippen LogP contribution is -2.33. The minimum absolute atomic E-state index is 0.195. The van der Waals surface area contributed by atoms with Crippen molar-refractivity contribution in [3.63, 3.8) is 0 Å². The summed E-state index contributed by atoms with van der Waals surface area (Å²) in [5, 5.41) is 7.91. The van der Waals surface area contributed by atoms with Crippen molar-refractivity contribution >= 4 is 28.5 Å². The summed E-state index contributed by atoms with van der Waals surface area (Å²) < 4.78 is 3.15. The first-order valence-electron chi connectivity index (χ1n) is 11.3. The number of hydrogen-bond donors (Lipinski definition) is 1. The molecule has 0 saturated carbocycles. The molecule has 1 atom stereocenters. The second-order valence-corrected chi connectivity index (χ2v) is 8.23. The van der Waals surface area contributed by atoms with Crippen LogP contribution in [0.1, 0.15) is 47.3 Å². The SMILES string of the molecule is C/C=C/c1cccc2nc([C@@H](C)NC(=O)c3c(C)nn4cccnc34)n(-c3ccccc3)c(=O)c12. The normalized spacial score (nSPS) is 12.4. The van der Waals surface area contributed by atoms with Crippen molar-refractivity contribution in [1.82, 2.24) is 29.5 Å². The van der Waals surface area contributed by atoms with E-state index < -0.39 is 6.04 Å². The van der Waals surface area contributed by atoms with Gasteiger partial charge in [-0.15, -0.1) is 0 Å². The molecule has 1 N–H and O–H groups in total. The van der Waals surface area contributed by atoms with Crippen molar-refractivity contribution in [1.29, 1.82) is 0 Å². The fourth-order valence-corrected chi connectivity index (χ4v) is 4.30. The van der Waals surface area contributed by atoms with Gasteiger partial charge in [-0.25, -0.2) is 14.5 Å². The van der Waals surface area contributed by atoms with Gasteiger partial charge in [0.1, 0.15) is 11.4 Å². The van der Waals surface area contributed by atoms with E-state index in [4.69, 9.17) is 4.98 Å². The third-order valence-electron chi connectivity index (χ3n) is 5.85. The number of carbonyl (C=O) groups is 1. The van der Waals surface area contributed by atoms with Crippen LogP contribution in [-0.4, -0.2) is 30.1 Å². The van der Waals surface area contributed by atoms with Crippen molar-refractivity contribution in [2.24, 2.45) is 0 Å². The van der Waals surface area contributed by atoms with E-state index in [2.05, 4.69) is 15.4 Å². The van der Waals surface area contributed by atoms with Crippen LogP contribution in [0.15, 0.2) is 77.9 Å². The van der Waals surface area contributed by atoms with E-state index in [-0.39, 0.29) is 11.5 Å². The van der Waals surface area contributed by atoms with Gasteiger partial charge in [0.25, 0.3) is 11.5 Å². The monoisotopic (exact) mass is 464 g/mol. The number of carbonyl (C=O) groups excluding carboxylic acids is 1. The fourth-order valence-electron chi connectivity index (χ4n) is 4.30. The Bertz CT molecular complexity index is 1650. The Morgan fingerprint density at radius 1 is 1.09 bits per heavy atom. The van der Waals surface area contributed by atoms with Crippen LogP contribution in [0.25, 0.3) is 28.3 Å². The van der Waals surface area contributed by atoms with Crippen molar-refractivity contribution < 1.29 is 4.79 Å². The number of rotatable bonds is 5. The van der Waals surface area contributed by atoms with Gasteiger partial charge in [-0.3, -0.25) is 14.2 Å². The van der Waals surface area contributed by atoms with Crippen molar-refractivity contribution in [3.05, 3.63) is 106 Å². The number of nitrogens with zero attached hydrogens (tertiary/aromatic N) is 5. The Morgan fingerprint density at radius 3 is 2.66 bits per heavy atom. The maximum Gasteiger partial charge on any atom is 0.266 e. The number of fused-ring (bicyclic) bond motifs is 2. The Balaban J connectivity index is 1.66. The van der Waals surface area contributed by atoms with E-state index in [0.717, 1.165) is 5.56 Å². The number of para-hydroxylation sites is 1. The number of aromatic nitrogens is 5. The molecule has 3 heterocycles. The molecular formula is C27H24N6O2. The number of aryl methyl sites for hydroxylation is 1. The molecule has 3 aromatic heterocycles. The van der Waals surface area contributed by atoms with Crippen molar-refractivity contribution in [2.45, 2.75) is 26.8 Å². The van der Waals surface area contributed by atoms with E-state index in [1.54, 1.807) is 34.5 Å². The van der Waals surface area contributed by atoms with Crippen LogP contribution >= 0.6 is 0 Å². The van der Waals surface area contributed by atoms with Crippen LogP contribution in [0.2, 0.25) is 0 Å². The molecule has 8 nitrogen and oxygen atoms in total. The number of hydrogen-bond acceptors (Lipinski definition) is 5. The summed E-state index contributed by atoms with van der Waals surface area (Å²) in [5.41, 5.74) is 3.27. The van der Waals surface area contributed by atoms with Crippen molar-refractivity contribution in [3.8, 4) is 5.69 Å². The summed E-state index contributed by atoms with van der Waals surface area (Å²) >= 11 is 0. The van der Waals surface area contributed by atoms with Gasteiger partial charge in [0.2, 0.25) is 0 Å². The highest BCUT2D eigenvalue weighted by Gasteiger charge is 2.24.